The van der Waals surface area contributed by atoms with Crippen LogP contribution in [0.4, 0.5) is 6.01 Å². The van der Waals surface area contributed by atoms with E-state index in [2.05, 4.69) is 20.6 Å². The van der Waals surface area contributed by atoms with Gasteiger partial charge in [0.05, 0.1) is 18.8 Å². The number of anilines is 1. The SMILES string of the molecule is COCCN1C(=O)C[C@@H](CNc2nnc(C)o2)[C@@H]1c1cnn(C)c1C. The first-order valence-corrected chi connectivity index (χ1v) is 8.32. The summed E-state index contributed by atoms with van der Waals surface area (Å²) in [4.78, 5) is 14.5. The van der Waals surface area contributed by atoms with Crippen LogP contribution in [-0.4, -0.2) is 57.6 Å². The molecule has 0 aliphatic carbocycles. The zero-order chi connectivity index (χ0) is 18.0. The van der Waals surface area contributed by atoms with E-state index in [0.29, 0.717) is 38.0 Å². The smallest absolute Gasteiger partial charge is 0.315 e. The number of likely N-dealkylation sites (tertiary alicyclic amines) is 1. The van der Waals surface area contributed by atoms with Gasteiger partial charge in [0.1, 0.15) is 0 Å². The van der Waals surface area contributed by atoms with E-state index in [4.69, 9.17) is 9.15 Å². The van der Waals surface area contributed by atoms with Crippen molar-refractivity contribution in [2.45, 2.75) is 26.3 Å². The molecule has 2 atom stereocenters. The molecule has 136 valence electrons. The van der Waals surface area contributed by atoms with Gasteiger partial charge in [-0.3, -0.25) is 9.48 Å². The number of methoxy groups -OCH3 is 1. The second-order valence-electron chi connectivity index (χ2n) is 6.31. The van der Waals surface area contributed by atoms with Crippen LogP contribution in [-0.2, 0) is 16.6 Å². The van der Waals surface area contributed by atoms with Crippen LogP contribution in [0.5, 0.6) is 0 Å². The van der Waals surface area contributed by atoms with Gasteiger partial charge in [0.25, 0.3) is 0 Å². The van der Waals surface area contributed by atoms with E-state index in [1.54, 1.807) is 14.0 Å². The van der Waals surface area contributed by atoms with Gasteiger partial charge >= 0.3 is 6.01 Å². The van der Waals surface area contributed by atoms with E-state index in [1.807, 2.05) is 29.7 Å². The summed E-state index contributed by atoms with van der Waals surface area (Å²) in [6.07, 6.45) is 2.31. The Kier molecular flexibility index (Phi) is 5.03. The summed E-state index contributed by atoms with van der Waals surface area (Å²) in [5.74, 6) is 0.713. The summed E-state index contributed by atoms with van der Waals surface area (Å²) in [6, 6.07) is 0.329. The minimum Gasteiger partial charge on any atom is -0.408 e. The highest BCUT2D eigenvalue weighted by atomic mass is 16.5. The van der Waals surface area contributed by atoms with Crippen molar-refractivity contribution in [3.8, 4) is 0 Å². The Balaban J connectivity index is 1.81. The molecule has 1 N–H and O–H groups in total. The van der Waals surface area contributed by atoms with Crippen molar-refractivity contribution in [2.75, 3.05) is 32.1 Å². The number of hydrogen-bond donors (Lipinski definition) is 1. The van der Waals surface area contributed by atoms with Crippen LogP contribution in [0.25, 0.3) is 0 Å². The predicted molar refractivity (Wildman–Crippen MR) is 89.9 cm³/mol. The number of rotatable bonds is 7. The minimum atomic E-state index is -0.0483. The fraction of sp³-hybridized carbons (Fsp3) is 0.625. The number of aromatic nitrogens is 4. The molecular formula is C16H24N6O3. The van der Waals surface area contributed by atoms with Crippen molar-refractivity contribution in [3.05, 3.63) is 23.3 Å². The number of ether oxygens (including phenoxy) is 1. The number of hydrogen-bond acceptors (Lipinski definition) is 7. The van der Waals surface area contributed by atoms with E-state index in [9.17, 15) is 4.79 Å². The highest BCUT2D eigenvalue weighted by Gasteiger charge is 2.41. The largest absolute Gasteiger partial charge is 0.408 e. The van der Waals surface area contributed by atoms with E-state index in [0.717, 1.165) is 11.3 Å². The molecule has 3 heterocycles. The van der Waals surface area contributed by atoms with Crippen LogP contribution >= 0.6 is 0 Å². The first-order chi connectivity index (χ1) is 12.0. The Hall–Kier alpha value is -2.42. The third kappa shape index (κ3) is 3.51. The Morgan fingerprint density at radius 1 is 1.40 bits per heavy atom. The van der Waals surface area contributed by atoms with Gasteiger partial charge in [-0.25, -0.2) is 0 Å². The standard InChI is InChI=1S/C16H24N6O3/c1-10-13(9-18-21(10)3)15-12(7-14(23)22(15)5-6-24-4)8-17-16-20-19-11(2)25-16/h9,12,15H,5-8H2,1-4H3,(H,17,20)/t12-,15+/m0/s1. The average Bonchev–Trinajstić information content (AvgIpc) is 3.23. The molecule has 1 aliphatic heterocycles. The molecule has 1 fully saturated rings. The normalized spacial score (nSPS) is 20.5. The maximum atomic E-state index is 12.6. The number of nitrogens with one attached hydrogen (secondary N) is 1. The van der Waals surface area contributed by atoms with Crippen molar-refractivity contribution in [1.29, 1.82) is 0 Å². The highest BCUT2D eigenvalue weighted by Crippen LogP contribution is 2.39. The summed E-state index contributed by atoms with van der Waals surface area (Å²) in [5, 5.41) is 15.3. The van der Waals surface area contributed by atoms with Crippen LogP contribution in [0.2, 0.25) is 0 Å². The third-order valence-corrected chi connectivity index (χ3v) is 4.71. The van der Waals surface area contributed by atoms with Gasteiger partial charge < -0.3 is 19.4 Å². The van der Waals surface area contributed by atoms with E-state index < -0.39 is 0 Å². The lowest BCUT2D eigenvalue weighted by atomic mass is 9.94. The number of carbonyl (C=O) groups excluding carboxylic acids is 1. The zero-order valence-electron chi connectivity index (χ0n) is 15.0. The van der Waals surface area contributed by atoms with Gasteiger partial charge in [-0.05, 0) is 6.92 Å². The van der Waals surface area contributed by atoms with E-state index >= 15 is 0 Å². The summed E-state index contributed by atoms with van der Waals surface area (Å²) in [5.41, 5.74) is 2.12. The molecule has 2 aromatic heterocycles. The van der Waals surface area contributed by atoms with Crippen molar-refractivity contribution >= 4 is 11.9 Å². The third-order valence-electron chi connectivity index (χ3n) is 4.71. The lowest BCUT2D eigenvalue weighted by molar-refractivity contribution is -0.129. The molecule has 0 saturated carbocycles. The van der Waals surface area contributed by atoms with Crippen molar-refractivity contribution < 1.29 is 13.9 Å². The second kappa shape index (κ2) is 7.22. The Morgan fingerprint density at radius 2 is 2.20 bits per heavy atom. The number of carbonyl (C=O) groups is 1. The van der Waals surface area contributed by atoms with E-state index in [-0.39, 0.29) is 17.9 Å². The predicted octanol–water partition coefficient (Wildman–Crippen LogP) is 1.07. The van der Waals surface area contributed by atoms with Crippen LogP contribution in [0.1, 0.15) is 29.6 Å². The summed E-state index contributed by atoms with van der Waals surface area (Å²) in [6.45, 7) is 5.39. The lowest BCUT2D eigenvalue weighted by Crippen LogP contribution is -2.33. The quantitative estimate of drug-likeness (QED) is 0.799. The molecule has 9 heteroatoms. The number of nitrogens with zero attached hydrogens (tertiary/aromatic N) is 5. The van der Waals surface area contributed by atoms with Crippen LogP contribution < -0.4 is 5.32 Å². The molecule has 0 aromatic carbocycles. The first-order valence-electron chi connectivity index (χ1n) is 8.32. The van der Waals surface area contributed by atoms with Gasteiger partial charge in [0, 0.05) is 57.8 Å². The number of aryl methyl sites for hydroxylation is 2. The maximum absolute atomic E-state index is 12.6. The summed E-state index contributed by atoms with van der Waals surface area (Å²) in [7, 11) is 3.55. The molecule has 0 unspecified atom stereocenters. The van der Waals surface area contributed by atoms with Gasteiger partial charge in [-0.15, -0.1) is 5.10 Å². The van der Waals surface area contributed by atoms with Crippen LogP contribution in [0.15, 0.2) is 10.6 Å². The monoisotopic (exact) mass is 348 g/mol. The average molecular weight is 348 g/mol. The van der Waals surface area contributed by atoms with Gasteiger partial charge in [-0.2, -0.15) is 5.10 Å². The molecule has 1 aliphatic rings. The van der Waals surface area contributed by atoms with Crippen LogP contribution in [0, 0.1) is 19.8 Å². The van der Waals surface area contributed by atoms with E-state index in [1.165, 1.54) is 0 Å². The Labute approximate surface area is 146 Å². The van der Waals surface area contributed by atoms with Crippen molar-refractivity contribution in [2.24, 2.45) is 13.0 Å². The molecule has 3 rings (SSSR count). The topological polar surface area (TPSA) is 98.3 Å². The highest BCUT2D eigenvalue weighted by molar-refractivity contribution is 5.80. The van der Waals surface area contributed by atoms with Gasteiger partial charge in [0.2, 0.25) is 11.8 Å². The minimum absolute atomic E-state index is 0.0483. The molecule has 25 heavy (non-hydrogen) atoms. The molecule has 0 radical (unpaired) electrons. The van der Waals surface area contributed by atoms with Gasteiger partial charge in [0.15, 0.2) is 0 Å². The molecule has 0 bridgehead atoms. The molecule has 1 amide bonds. The second-order valence-corrected chi connectivity index (χ2v) is 6.31. The molecule has 2 aromatic rings. The Bertz CT molecular complexity index is 740. The summed E-state index contributed by atoms with van der Waals surface area (Å²) < 4.78 is 12.4. The molecule has 9 nitrogen and oxygen atoms in total. The molecular weight excluding hydrogens is 324 g/mol. The fourth-order valence-electron chi connectivity index (χ4n) is 3.31. The zero-order valence-corrected chi connectivity index (χ0v) is 15.0. The summed E-state index contributed by atoms with van der Waals surface area (Å²) >= 11 is 0. The molecule has 1 saturated heterocycles. The van der Waals surface area contributed by atoms with Gasteiger partial charge in [-0.1, -0.05) is 5.10 Å². The molecule has 0 spiro atoms. The van der Waals surface area contributed by atoms with Crippen molar-refractivity contribution in [1.82, 2.24) is 24.9 Å². The maximum Gasteiger partial charge on any atom is 0.315 e. The Morgan fingerprint density at radius 3 is 2.80 bits per heavy atom. The van der Waals surface area contributed by atoms with Crippen molar-refractivity contribution in [3.63, 3.8) is 0 Å². The van der Waals surface area contributed by atoms with Crippen LogP contribution in [0.3, 0.4) is 0 Å². The fourth-order valence-corrected chi connectivity index (χ4v) is 3.31. The number of amides is 1. The first kappa shape index (κ1) is 17.4. The lowest BCUT2D eigenvalue weighted by Gasteiger charge is -2.28.